The summed E-state index contributed by atoms with van der Waals surface area (Å²) in [6.45, 7) is 12.2. The Bertz CT molecular complexity index is 309. The predicted molar refractivity (Wildman–Crippen MR) is 82.3 cm³/mol. The third kappa shape index (κ3) is 9.98. The Morgan fingerprint density at radius 3 is 1.43 bits per heavy atom. The Kier molecular flexibility index (Phi) is 8.14. The van der Waals surface area contributed by atoms with Crippen molar-refractivity contribution in [2.24, 2.45) is 0 Å². The summed E-state index contributed by atoms with van der Waals surface area (Å²) in [6, 6.07) is 0. The average molecular weight is 302 g/mol. The van der Waals surface area contributed by atoms with Gasteiger partial charge in [0.15, 0.2) is 0 Å². The first-order valence-corrected chi connectivity index (χ1v) is 7.52. The highest BCUT2D eigenvalue weighted by atomic mass is 16.6. The zero-order valence-corrected chi connectivity index (χ0v) is 14.2. The van der Waals surface area contributed by atoms with E-state index in [-0.39, 0.29) is 0 Å². The number of rotatable bonds is 8. The van der Waals surface area contributed by atoms with Crippen LogP contribution in [0, 0.1) is 0 Å². The normalized spacial score (nSPS) is 11.7. The van der Waals surface area contributed by atoms with Gasteiger partial charge in [-0.05, 0) is 47.0 Å². The maximum absolute atomic E-state index is 11.6. The van der Waals surface area contributed by atoms with Gasteiger partial charge < -0.3 is 20.1 Å². The van der Waals surface area contributed by atoms with Crippen molar-refractivity contribution >= 4 is 12.2 Å². The van der Waals surface area contributed by atoms with Crippen LogP contribution >= 0.6 is 0 Å². The molecule has 0 fully saturated rings. The monoisotopic (exact) mass is 302 g/mol. The number of alkyl carbamates (subject to hydrolysis) is 2. The van der Waals surface area contributed by atoms with E-state index in [1.807, 2.05) is 41.5 Å². The third-order valence-electron chi connectivity index (χ3n) is 2.64. The molecule has 6 nitrogen and oxygen atoms in total. The third-order valence-corrected chi connectivity index (χ3v) is 2.64. The van der Waals surface area contributed by atoms with Gasteiger partial charge in [0.05, 0.1) is 13.2 Å². The molecular weight excluding hydrogens is 272 g/mol. The second-order valence-electron chi connectivity index (χ2n) is 6.47. The van der Waals surface area contributed by atoms with E-state index in [1.165, 1.54) is 0 Å². The lowest BCUT2D eigenvalue weighted by molar-refractivity contribution is 0.122. The van der Waals surface area contributed by atoms with Crippen LogP contribution in [0.15, 0.2) is 0 Å². The maximum Gasteiger partial charge on any atom is 0.407 e. The van der Waals surface area contributed by atoms with E-state index in [1.54, 1.807) is 0 Å². The molecule has 0 radical (unpaired) electrons. The first kappa shape index (κ1) is 19.5. The van der Waals surface area contributed by atoms with Gasteiger partial charge >= 0.3 is 12.2 Å². The summed E-state index contributed by atoms with van der Waals surface area (Å²) in [5.41, 5.74) is -1.02. The standard InChI is InChI=1S/C15H30N2O4/c1-7-9-20-12(18)16-14(3,4)11-15(5,6)17-13(19)21-10-8-2/h7-11H2,1-6H3,(H,16,18)(H,17,19). The van der Waals surface area contributed by atoms with E-state index >= 15 is 0 Å². The SMILES string of the molecule is CCCOC(=O)NC(C)(C)CC(C)(C)NC(=O)OCCC. The van der Waals surface area contributed by atoms with E-state index in [0.29, 0.717) is 19.6 Å². The molecule has 2 N–H and O–H groups in total. The highest BCUT2D eigenvalue weighted by Crippen LogP contribution is 2.20. The fraction of sp³-hybridized carbons (Fsp3) is 0.867. The van der Waals surface area contributed by atoms with Crippen LogP contribution in [0.3, 0.4) is 0 Å². The molecule has 124 valence electrons. The van der Waals surface area contributed by atoms with Crippen LogP contribution in [0.1, 0.15) is 60.8 Å². The molecule has 0 aromatic heterocycles. The molecule has 0 rings (SSSR count). The molecule has 0 spiro atoms. The molecule has 21 heavy (non-hydrogen) atoms. The van der Waals surface area contributed by atoms with E-state index in [4.69, 9.17) is 9.47 Å². The molecule has 0 unspecified atom stereocenters. The molecule has 0 heterocycles. The summed E-state index contributed by atoms with van der Waals surface area (Å²) in [5.74, 6) is 0. The lowest BCUT2D eigenvalue weighted by atomic mass is 9.87. The van der Waals surface area contributed by atoms with Gasteiger partial charge in [-0.3, -0.25) is 0 Å². The predicted octanol–water partition coefficient (Wildman–Crippen LogP) is 3.21. The Balaban J connectivity index is 4.39. The lowest BCUT2D eigenvalue weighted by Gasteiger charge is -2.35. The lowest BCUT2D eigenvalue weighted by Crippen LogP contribution is -2.53. The van der Waals surface area contributed by atoms with Gasteiger partial charge in [-0.15, -0.1) is 0 Å². The molecule has 0 aliphatic heterocycles. The van der Waals surface area contributed by atoms with Crippen molar-refractivity contribution in [1.29, 1.82) is 0 Å². The van der Waals surface area contributed by atoms with Crippen LogP contribution in [-0.4, -0.2) is 36.5 Å². The van der Waals surface area contributed by atoms with Crippen LogP contribution in [0.2, 0.25) is 0 Å². The summed E-state index contributed by atoms with van der Waals surface area (Å²) in [7, 11) is 0. The van der Waals surface area contributed by atoms with Crippen LogP contribution in [-0.2, 0) is 9.47 Å². The number of nitrogens with one attached hydrogen (secondary N) is 2. The minimum absolute atomic E-state index is 0.396. The number of ether oxygens (including phenoxy) is 2. The number of hydrogen-bond acceptors (Lipinski definition) is 4. The van der Waals surface area contributed by atoms with Crippen molar-refractivity contribution < 1.29 is 19.1 Å². The molecular formula is C15H30N2O4. The van der Waals surface area contributed by atoms with Crippen molar-refractivity contribution in [1.82, 2.24) is 10.6 Å². The van der Waals surface area contributed by atoms with Gasteiger partial charge in [-0.1, -0.05) is 13.8 Å². The maximum atomic E-state index is 11.6. The van der Waals surface area contributed by atoms with Crippen LogP contribution in [0.4, 0.5) is 9.59 Å². The molecule has 0 aromatic carbocycles. The number of hydrogen-bond donors (Lipinski definition) is 2. The fourth-order valence-electron chi connectivity index (χ4n) is 2.21. The minimum Gasteiger partial charge on any atom is -0.450 e. The highest BCUT2D eigenvalue weighted by Gasteiger charge is 2.32. The van der Waals surface area contributed by atoms with Gasteiger partial charge in [0, 0.05) is 11.1 Å². The molecule has 0 bridgehead atoms. The van der Waals surface area contributed by atoms with E-state index in [2.05, 4.69) is 10.6 Å². The van der Waals surface area contributed by atoms with Gasteiger partial charge in [0.1, 0.15) is 0 Å². The first-order chi connectivity index (χ1) is 9.62. The molecule has 0 saturated carbocycles. The van der Waals surface area contributed by atoms with Gasteiger partial charge in [0.25, 0.3) is 0 Å². The fourth-order valence-corrected chi connectivity index (χ4v) is 2.21. The van der Waals surface area contributed by atoms with Gasteiger partial charge in [-0.25, -0.2) is 9.59 Å². The van der Waals surface area contributed by atoms with Crippen LogP contribution in [0.25, 0.3) is 0 Å². The molecule has 0 atom stereocenters. The molecule has 0 aromatic rings. The summed E-state index contributed by atoms with van der Waals surface area (Å²) >= 11 is 0. The Hall–Kier alpha value is -1.46. The van der Waals surface area contributed by atoms with Crippen molar-refractivity contribution in [3.8, 4) is 0 Å². The Morgan fingerprint density at radius 1 is 0.810 bits per heavy atom. The second kappa shape index (κ2) is 8.74. The van der Waals surface area contributed by atoms with Crippen molar-refractivity contribution in [3.05, 3.63) is 0 Å². The molecule has 0 saturated heterocycles. The number of carbonyl (C=O) groups excluding carboxylic acids is 2. The summed E-state index contributed by atoms with van der Waals surface area (Å²) in [4.78, 5) is 23.2. The zero-order valence-electron chi connectivity index (χ0n) is 14.2. The summed E-state index contributed by atoms with van der Waals surface area (Å²) in [5, 5.41) is 5.62. The number of carbonyl (C=O) groups is 2. The smallest absolute Gasteiger partial charge is 0.407 e. The first-order valence-electron chi connectivity index (χ1n) is 7.52. The van der Waals surface area contributed by atoms with Crippen molar-refractivity contribution in [3.63, 3.8) is 0 Å². The molecule has 2 amide bonds. The largest absolute Gasteiger partial charge is 0.450 e. The zero-order chi connectivity index (χ0) is 16.5. The molecule has 6 heteroatoms. The summed E-state index contributed by atoms with van der Waals surface area (Å²) < 4.78 is 10.0. The summed E-state index contributed by atoms with van der Waals surface area (Å²) in [6.07, 6.45) is 1.23. The van der Waals surface area contributed by atoms with Gasteiger partial charge in [0.2, 0.25) is 0 Å². The molecule has 0 aliphatic rings. The van der Waals surface area contributed by atoms with E-state index in [9.17, 15) is 9.59 Å². The minimum atomic E-state index is -0.508. The number of amides is 2. The quantitative estimate of drug-likeness (QED) is 0.722. The van der Waals surface area contributed by atoms with E-state index in [0.717, 1.165) is 12.8 Å². The van der Waals surface area contributed by atoms with Gasteiger partial charge in [-0.2, -0.15) is 0 Å². The Labute approximate surface area is 127 Å². The van der Waals surface area contributed by atoms with Crippen LogP contribution in [0.5, 0.6) is 0 Å². The highest BCUT2D eigenvalue weighted by molar-refractivity contribution is 5.69. The topological polar surface area (TPSA) is 76.7 Å². The van der Waals surface area contributed by atoms with Crippen molar-refractivity contribution in [2.75, 3.05) is 13.2 Å². The average Bonchev–Trinajstić information content (AvgIpc) is 2.30. The second-order valence-corrected chi connectivity index (χ2v) is 6.47. The molecule has 0 aliphatic carbocycles. The van der Waals surface area contributed by atoms with E-state index < -0.39 is 23.3 Å². The Morgan fingerprint density at radius 2 is 1.14 bits per heavy atom. The van der Waals surface area contributed by atoms with Crippen molar-refractivity contribution in [2.45, 2.75) is 71.9 Å². The van der Waals surface area contributed by atoms with Crippen LogP contribution < -0.4 is 10.6 Å².